The molecule has 1 amide bonds. The number of ether oxygens (including phenoxy) is 1. The van der Waals surface area contributed by atoms with Crippen LogP contribution in [0.25, 0.3) is 0 Å². The van der Waals surface area contributed by atoms with Crippen molar-refractivity contribution in [1.29, 1.82) is 0 Å². The Morgan fingerprint density at radius 2 is 2.04 bits per heavy atom. The van der Waals surface area contributed by atoms with Gasteiger partial charge in [-0.25, -0.2) is 0 Å². The normalized spacial score (nSPS) is 11.7. The van der Waals surface area contributed by atoms with E-state index >= 15 is 0 Å². The fourth-order valence-electron chi connectivity index (χ4n) is 2.27. The van der Waals surface area contributed by atoms with Crippen molar-refractivity contribution < 1.29 is 14.5 Å². The van der Waals surface area contributed by atoms with Crippen LogP contribution in [0.2, 0.25) is 5.02 Å². The number of nitrogens with zero attached hydrogens (tertiary/aromatic N) is 1. The Hall–Kier alpha value is -2.64. The zero-order valence-corrected chi connectivity index (χ0v) is 15.2. The molecule has 2 rings (SSSR count). The molecule has 0 heterocycles. The molecule has 7 nitrogen and oxygen atoms in total. The van der Waals surface area contributed by atoms with E-state index in [-0.39, 0.29) is 16.5 Å². The lowest BCUT2D eigenvalue weighted by molar-refractivity contribution is -0.386. The number of amides is 1. The Bertz CT molecular complexity index is 798. The molecule has 0 radical (unpaired) electrons. The molecule has 0 bridgehead atoms. The van der Waals surface area contributed by atoms with Crippen LogP contribution >= 0.6 is 11.6 Å². The van der Waals surface area contributed by atoms with E-state index in [1.165, 1.54) is 25.1 Å². The summed E-state index contributed by atoms with van der Waals surface area (Å²) in [6.45, 7) is 4.95. The summed E-state index contributed by atoms with van der Waals surface area (Å²) in [5.74, 6) is -0.416. The van der Waals surface area contributed by atoms with E-state index in [4.69, 9.17) is 16.3 Å². The van der Waals surface area contributed by atoms with E-state index in [1.807, 2.05) is 25.1 Å². The number of carbonyl (C=O) groups is 1. The minimum atomic E-state index is -0.929. The van der Waals surface area contributed by atoms with E-state index in [0.717, 1.165) is 12.1 Å². The van der Waals surface area contributed by atoms with Crippen molar-refractivity contribution >= 4 is 28.9 Å². The SMILES string of the molecule is CCNCc1ccccc1NC(=O)C(C)Oc1ccc(Cl)cc1[N+](=O)[O-]. The van der Waals surface area contributed by atoms with Crippen LogP contribution in [0.15, 0.2) is 42.5 Å². The number of anilines is 1. The molecule has 0 saturated carbocycles. The highest BCUT2D eigenvalue weighted by Gasteiger charge is 2.22. The summed E-state index contributed by atoms with van der Waals surface area (Å²) >= 11 is 5.78. The monoisotopic (exact) mass is 377 g/mol. The van der Waals surface area contributed by atoms with Crippen molar-refractivity contribution in [2.75, 3.05) is 11.9 Å². The fourth-order valence-corrected chi connectivity index (χ4v) is 2.43. The minimum Gasteiger partial charge on any atom is -0.474 e. The third-order valence-corrected chi connectivity index (χ3v) is 3.87. The lowest BCUT2D eigenvalue weighted by atomic mass is 10.1. The zero-order valence-electron chi connectivity index (χ0n) is 14.5. The van der Waals surface area contributed by atoms with Crippen molar-refractivity contribution in [3.05, 3.63) is 63.2 Å². The topological polar surface area (TPSA) is 93.5 Å². The molecule has 0 aliphatic heterocycles. The van der Waals surface area contributed by atoms with Gasteiger partial charge in [0.1, 0.15) is 0 Å². The molecule has 0 aliphatic carbocycles. The van der Waals surface area contributed by atoms with Crippen molar-refractivity contribution in [3.8, 4) is 5.75 Å². The number of hydrogen-bond donors (Lipinski definition) is 2. The van der Waals surface area contributed by atoms with Crippen molar-refractivity contribution in [2.24, 2.45) is 0 Å². The summed E-state index contributed by atoms with van der Waals surface area (Å²) in [4.78, 5) is 23.0. The van der Waals surface area contributed by atoms with Crippen molar-refractivity contribution in [3.63, 3.8) is 0 Å². The highest BCUT2D eigenvalue weighted by atomic mass is 35.5. The van der Waals surface area contributed by atoms with E-state index in [0.29, 0.717) is 12.2 Å². The highest BCUT2D eigenvalue weighted by Crippen LogP contribution is 2.30. The second-order valence-electron chi connectivity index (χ2n) is 5.56. The van der Waals surface area contributed by atoms with Gasteiger partial charge in [0.2, 0.25) is 0 Å². The van der Waals surface area contributed by atoms with Gasteiger partial charge in [-0.2, -0.15) is 0 Å². The van der Waals surface area contributed by atoms with Gasteiger partial charge in [-0.1, -0.05) is 36.7 Å². The predicted octanol–water partition coefficient (Wildman–Crippen LogP) is 3.76. The van der Waals surface area contributed by atoms with Gasteiger partial charge in [0.05, 0.1) is 4.92 Å². The fraction of sp³-hybridized carbons (Fsp3) is 0.278. The van der Waals surface area contributed by atoms with Gasteiger partial charge in [-0.3, -0.25) is 14.9 Å². The van der Waals surface area contributed by atoms with Crippen LogP contribution in [0.5, 0.6) is 5.75 Å². The van der Waals surface area contributed by atoms with Crippen molar-refractivity contribution in [1.82, 2.24) is 5.32 Å². The molecule has 138 valence electrons. The Labute approximate surface area is 156 Å². The number of hydrogen-bond acceptors (Lipinski definition) is 5. The molecule has 1 unspecified atom stereocenters. The summed E-state index contributed by atoms with van der Waals surface area (Å²) < 4.78 is 5.49. The van der Waals surface area contributed by atoms with Crippen LogP contribution < -0.4 is 15.4 Å². The summed E-state index contributed by atoms with van der Waals surface area (Å²) in [6.07, 6.45) is -0.929. The number of rotatable bonds is 8. The Morgan fingerprint density at radius 3 is 2.73 bits per heavy atom. The third kappa shape index (κ3) is 5.18. The second-order valence-corrected chi connectivity index (χ2v) is 5.99. The molecule has 8 heteroatoms. The van der Waals surface area contributed by atoms with Gasteiger partial charge in [0, 0.05) is 23.3 Å². The highest BCUT2D eigenvalue weighted by molar-refractivity contribution is 6.30. The van der Waals surface area contributed by atoms with Crippen LogP contribution in [-0.2, 0) is 11.3 Å². The van der Waals surface area contributed by atoms with E-state index in [2.05, 4.69) is 10.6 Å². The summed E-state index contributed by atoms with van der Waals surface area (Å²) in [6, 6.07) is 11.5. The second kappa shape index (κ2) is 9.17. The van der Waals surface area contributed by atoms with Gasteiger partial charge < -0.3 is 15.4 Å². The number of para-hydroxylation sites is 1. The number of nitro benzene ring substituents is 1. The van der Waals surface area contributed by atoms with Gasteiger partial charge in [-0.15, -0.1) is 0 Å². The minimum absolute atomic E-state index is 0.0111. The standard InChI is InChI=1S/C18H20ClN3O4/c1-3-20-11-13-6-4-5-7-15(13)21-18(23)12(2)26-17-9-8-14(19)10-16(17)22(24)25/h4-10,12,20H,3,11H2,1-2H3,(H,21,23). The number of nitro groups is 1. The van der Waals surface area contributed by atoms with Gasteiger partial charge >= 0.3 is 5.69 Å². The summed E-state index contributed by atoms with van der Waals surface area (Å²) in [7, 11) is 0. The molecular weight excluding hydrogens is 358 g/mol. The van der Waals surface area contributed by atoms with E-state index in [9.17, 15) is 14.9 Å². The van der Waals surface area contributed by atoms with Crippen LogP contribution in [0.4, 0.5) is 11.4 Å². The van der Waals surface area contributed by atoms with Crippen LogP contribution in [0.3, 0.4) is 0 Å². The molecule has 26 heavy (non-hydrogen) atoms. The van der Waals surface area contributed by atoms with Gasteiger partial charge in [0.25, 0.3) is 5.91 Å². The Morgan fingerprint density at radius 1 is 1.31 bits per heavy atom. The number of halogens is 1. The van der Waals surface area contributed by atoms with E-state index in [1.54, 1.807) is 6.07 Å². The smallest absolute Gasteiger partial charge is 0.312 e. The third-order valence-electron chi connectivity index (χ3n) is 3.63. The largest absolute Gasteiger partial charge is 0.474 e. The lowest BCUT2D eigenvalue weighted by Gasteiger charge is -2.16. The first-order valence-electron chi connectivity index (χ1n) is 8.12. The Kier molecular flexibility index (Phi) is 6.94. The predicted molar refractivity (Wildman–Crippen MR) is 101 cm³/mol. The molecule has 0 aliphatic rings. The maximum Gasteiger partial charge on any atom is 0.312 e. The van der Waals surface area contributed by atoms with E-state index < -0.39 is 16.9 Å². The molecule has 2 N–H and O–H groups in total. The summed E-state index contributed by atoms with van der Waals surface area (Å²) in [5.41, 5.74) is 1.32. The molecule has 0 saturated heterocycles. The first kappa shape index (κ1) is 19.7. The molecule has 0 fully saturated rings. The molecule has 1 atom stereocenters. The van der Waals surface area contributed by atoms with Gasteiger partial charge in [0.15, 0.2) is 11.9 Å². The molecule has 0 spiro atoms. The number of carbonyl (C=O) groups excluding carboxylic acids is 1. The molecular formula is C18H20ClN3O4. The van der Waals surface area contributed by atoms with Crippen LogP contribution in [-0.4, -0.2) is 23.5 Å². The maximum absolute atomic E-state index is 12.4. The first-order valence-corrected chi connectivity index (χ1v) is 8.50. The number of nitrogens with one attached hydrogen (secondary N) is 2. The van der Waals surface area contributed by atoms with Gasteiger partial charge in [-0.05, 0) is 37.2 Å². The summed E-state index contributed by atoms with van der Waals surface area (Å²) in [5, 5.41) is 17.3. The van der Waals surface area contributed by atoms with Crippen LogP contribution in [0.1, 0.15) is 19.4 Å². The molecule has 2 aromatic carbocycles. The average Bonchev–Trinajstić information content (AvgIpc) is 2.62. The number of benzene rings is 2. The first-order chi connectivity index (χ1) is 12.4. The molecule has 0 aromatic heterocycles. The van der Waals surface area contributed by atoms with Crippen LogP contribution in [0, 0.1) is 10.1 Å². The quantitative estimate of drug-likeness (QED) is 0.539. The lowest BCUT2D eigenvalue weighted by Crippen LogP contribution is -2.31. The van der Waals surface area contributed by atoms with Crippen molar-refractivity contribution in [2.45, 2.75) is 26.5 Å². The average molecular weight is 378 g/mol. The zero-order chi connectivity index (χ0) is 19.1. The Balaban J connectivity index is 2.11. The molecule has 2 aromatic rings. The maximum atomic E-state index is 12.4.